The Kier molecular flexibility index (Phi) is 5.09. The Hall–Kier alpha value is -2.62. The zero-order valence-corrected chi connectivity index (χ0v) is 15.6. The van der Waals surface area contributed by atoms with Crippen LogP contribution in [0.2, 0.25) is 0 Å². The first-order chi connectivity index (χ1) is 12.7. The van der Waals surface area contributed by atoms with E-state index in [1.807, 2.05) is 18.2 Å². The molecule has 0 amide bonds. The number of nitrogens with zero attached hydrogens (tertiary/aromatic N) is 1. The molecule has 4 rings (SSSR count). The summed E-state index contributed by atoms with van der Waals surface area (Å²) in [7, 11) is -1.60. The Bertz CT molecular complexity index is 1110. The van der Waals surface area contributed by atoms with E-state index < -0.39 is 10.2 Å². The Morgan fingerprint density at radius 1 is 0.963 bits per heavy atom. The molecule has 9 heteroatoms. The van der Waals surface area contributed by atoms with Gasteiger partial charge in [0.1, 0.15) is 6.20 Å². The van der Waals surface area contributed by atoms with Gasteiger partial charge in [-0.1, -0.05) is 12.1 Å². The van der Waals surface area contributed by atoms with Crippen LogP contribution in [0.1, 0.15) is 5.56 Å². The molecular weight excluding hydrogens is 376 g/mol. The van der Waals surface area contributed by atoms with Crippen molar-refractivity contribution in [3.05, 3.63) is 48.2 Å². The molecule has 142 valence electrons. The number of H-pyrrole nitrogens is 1. The number of aromatic amines is 1. The lowest BCUT2D eigenvalue weighted by Crippen LogP contribution is -2.68. The molecule has 0 aliphatic heterocycles. The van der Waals surface area contributed by atoms with Gasteiger partial charge < -0.3 is 9.47 Å². The summed E-state index contributed by atoms with van der Waals surface area (Å²) in [5.41, 5.74) is 4.47. The van der Waals surface area contributed by atoms with Crippen LogP contribution in [-0.4, -0.2) is 19.2 Å². The Balaban J connectivity index is 0.000000376. The number of halogens is 1. The summed E-state index contributed by atoms with van der Waals surface area (Å²) in [6, 6.07) is 12.4. The summed E-state index contributed by atoms with van der Waals surface area (Å²) in [5, 5.41) is 2.20. The number of methoxy groups -OCH3 is 2. The highest BCUT2D eigenvalue weighted by Gasteiger charge is 2.18. The Morgan fingerprint density at radius 2 is 1.63 bits per heavy atom. The first kappa shape index (κ1) is 19.2. The van der Waals surface area contributed by atoms with Crippen LogP contribution in [0, 0.1) is 17.2 Å². The first-order valence-corrected chi connectivity index (χ1v) is 9.05. The second kappa shape index (κ2) is 7.18. The number of nitrogens with one attached hydrogen (secondary N) is 1. The number of benzene rings is 2. The molecule has 0 aliphatic rings. The zero-order valence-electron chi connectivity index (χ0n) is 14.8. The van der Waals surface area contributed by atoms with Gasteiger partial charge in [0.15, 0.2) is 22.5 Å². The fourth-order valence-electron chi connectivity index (χ4n) is 3.12. The molecule has 2 aromatic heterocycles. The van der Waals surface area contributed by atoms with Crippen molar-refractivity contribution in [2.75, 3.05) is 14.2 Å². The van der Waals surface area contributed by atoms with Crippen molar-refractivity contribution in [3.8, 4) is 11.5 Å². The molecule has 27 heavy (non-hydrogen) atoms. The summed E-state index contributed by atoms with van der Waals surface area (Å²) in [5.74, 6) is 1.52. The van der Waals surface area contributed by atoms with Gasteiger partial charge in [-0.25, -0.2) is 23.6 Å². The molecule has 2 aromatic carbocycles. The minimum Gasteiger partial charge on any atom is -0.493 e. The summed E-state index contributed by atoms with van der Waals surface area (Å²) in [4.78, 5) is 3.45. The highest BCUT2D eigenvalue weighted by molar-refractivity contribution is 5.94. The molecule has 0 aliphatic carbocycles. The molecule has 8 nitrogen and oxygen atoms in total. The van der Waals surface area contributed by atoms with E-state index in [2.05, 4.69) is 40.7 Å². The molecule has 0 radical (unpaired) electrons. The van der Waals surface area contributed by atoms with E-state index in [-0.39, 0.29) is 0 Å². The molecule has 1 N–H and O–H groups in total. The number of aromatic nitrogens is 2. The summed E-state index contributed by atoms with van der Waals surface area (Å²) in [6.45, 7) is 2.09. The number of aryl methyl sites for hydroxylation is 1. The average molecular weight is 393 g/mol. The van der Waals surface area contributed by atoms with Gasteiger partial charge in [-0.2, -0.15) is 4.40 Å². The number of para-hydroxylation sites is 2. The standard InChI is InChI=1S/C18H16N2O2.ClHO4/c1-11-8-16(21-2)18(22-3)13-10-20-15-7-5-4-6-14(15)19-17(20)9-12(11)13;2-1(3,4)5/h4-10H,1-3H3;(H,2,3,4,5). The van der Waals surface area contributed by atoms with Crippen molar-refractivity contribution in [3.63, 3.8) is 0 Å². The summed E-state index contributed by atoms with van der Waals surface area (Å²) >= 11 is 0. The second-order valence-corrected chi connectivity index (χ2v) is 6.56. The molecule has 0 spiro atoms. The topological polar surface area (TPSA) is 131 Å². The van der Waals surface area contributed by atoms with Crippen LogP contribution in [0.15, 0.2) is 42.6 Å². The monoisotopic (exact) mass is 392 g/mol. The number of hydrogen-bond donors (Lipinski definition) is 1. The predicted octanol–water partition coefficient (Wildman–Crippen LogP) is -1.37. The minimum absolute atomic E-state index is 0.757. The fourth-order valence-corrected chi connectivity index (χ4v) is 3.12. The van der Waals surface area contributed by atoms with Gasteiger partial charge in [0.2, 0.25) is 0 Å². The highest BCUT2D eigenvalue weighted by Crippen LogP contribution is 2.37. The lowest BCUT2D eigenvalue weighted by Gasteiger charge is -2.17. The van der Waals surface area contributed by atoms with Gasteiger partial charge in [0, 0.05) is 11.5 Å². The molecule has 2 heterocycles. The van der Waals surface area contributed by atoms with E-state index in [4.69, 9.17) is 28.1 Å². The van der Waals surface area contributed by atoms with Gasteiger partial charge in [-0.3, -0.25) is 0 Å². The molecule has 0 saturated heterocycles. The third-order valence-electron chi connectivity index (χ3n) is 4.18. The molecular formula is C18H17ClN2O6. The number of ether oxygens (including phenoxy) is 2. The molecule has 0 atom stereocenters. The van der Waals surface area contributed by atoms with Crippen LogP contribution >= 0.6 is 0 Å². The van der Waals surface area contributed by atoms with E-state index in [9.17, 15) is 0 Å². The predicted molar refractivity (Wildman–Crippen MR) is 86.8 cm³/mol. The smallest absolute Gasteiger partial charge is 0.285 e. The van der Waals surface area contributed by atoms with Gasteiger partial charge in [0.25, 0.3) is 5.65 Å². The fraction of sp³-hybridized carbons (Fsp3) is 0.167. The van der Waals surface area contributed by atoms with E-state index in [0.29, 0.717) is 0 Å². The van der Waals surface area contributed by atoms with Crippen LogP contribution in [0.5, 0.6) is 11.5 Å². The van der Waals surface area contributed by atoms with Crippen molar-refractivity contribution < 1.29 is 42.8 Å². The van der Waals surface area contributed by atoms with E-state index in [1.54, 1.807) is 14.2 Å². The average Bonchev–Trinajstić information content (AvgIpc) is 2.96. The number of pyridine rings is 1. The van der Waals surface area contributed by atoms with Gasteiger partial charge in [-0.15, -0.1) is 10.2 Å². The molecule has 4 aromatic rings. The van der Waals surface area contributed by atoms with Gasteiger partial charge in [-0.05, 0) is 30.7 Å². The summed E-state index contributed by atoms with van der Waals surface area (Å²) in [6.07, 6.45) is 2.11. The largest absolute Gasteiger partial charge is 0.493 e. The number of fused-ring (bicyclic) bond motifs is 4. The quantitative estimate of drug-likeness (QED) is 0.419. The molecule has 0 unspecified atom stereocenters. The number of rotatable bonds is 2. The molecule has 0 saturated carbocycles. The van der Waals surface area contributed by atoms with E-state index >= 15 is 0 Å². The maximum absolute atomic E-state index is 8.49. The first-order valence-electron chi connectivity index (χ1n) is 7.82. The van der Waals surface area contributed by atoms with Crippen LogP contribution in [0.4, 0.5) is 0 Å². The van der Waals surface area contributed by atoms with Crippen molar-refractivity contribution >= 4 is 27.5 Å². The highest BCUT2D eigenvalue weighted by atomic mass is 35.7. The van der Waals surface area contributed by atoms with Crippen molar-refractivity contribution in [2.45, 2.75) is 6.92 Å². The summed E-state index contributed by atoms with van der Waals surface area (Å²) < 4.78 is 47.2. The van der Waals surface area contributed by atoms with Crippen LogP contribution in [0.25, 0.3) is 27.5 Å². The Morgan fingerprint density at radius 3 is 2.26 bits per heavy atom. The maximum Gasteiger partial charge on any atom is 0.285 e. The van der Waals surface area contributed by atoms with Crippen LogP contribution < -0.4 is 32.5 Å². The van der Waals surface area contributed by atoms with E-state index in [1.165, 1.54) is 0 Å². The van der Waals surface area contributed by atoms with Gasteiger partial charge in [0.05, 0.1) is 19.6 Å². The second-order valence-electron chi connectivity index (χ2n) is 5.81. The van der Waals surface area contributed by atoms with Crippen molar-refractivity contribution in [1.29, 1.82) is 0 Å². The SMILES string of the molecule is COc1cc(C)c2cc3[nH]c4ccccc4[n+]3cc2c1OC.[O-][Cl+3]([O-])([O-])[O-]. The molecule has 0 fully saturated rings. The number of imidazole rings is 1. The third-order valence-corrected chi connectivity index (χ3v) is 4.18. The lowest BCUT2D eigenvalue weighted by molar-refractivity contribution is -2.00. The van der Waals surface area contributed by atoms with E-state index in [0.717, 1.165) is 44.5 Å². The third kappa shape index (κ3) is 3.90. The van der Waals surface area contributed by atoms with Crippen molar-refractivity contribution in [2.24, 2.45) is 0 Å². The number of hydrogen-bond acceptors (Lipinski definition) is 6. The Labute approximate surface area is 156 Å². The minimum atomic E-state index is -4.94. The molecule has 0 bridgehead atoms. The maximum atomic E-state index is 8.49. The van der Waals surface area contributed by atoms with Crippen molar-refractivity contribution in [1.82, 2.24) is 4.98 Å². The van der Waals surface area contributed by atoms with Gasteiger partial charge >= 0.3 is 0 Å². The zero-order chi connectivity index (χ0) is 19.8. The van der Waals surface area contributed by atoms with Crippen LogP contribution in [0.3, 0.4) is 0 Å². The van der Waals surface area contributed by atoms with Crippen LogP contribution in [-0.2, 0) is 0 Å². The normalized spacial score (nSPS) is 11.5. The lowest BCUT2D eigenvalue weighted by atomic mass is 10.1.